The first-order valence-electron chi connectivity index (χ1n) is 9.39. The number of aliphatic hydroxyl groups is 1. The minimum Gasteiger partial charge on any atom is -0.508 e. The summed E-state index contributed by atoms with van der Waals surface area (Å²) in [7, 11) is 0. The van der Waals surface area contributed by atoms with E-state index in [2.05, 4.69) is 13.0 Å². The number of carbonyl (C=O) groups excluding carboxylic acids is 1. The molecule has 3 nitrogen and oxygen atoms in total. The molecule has 1 saturated heterocycles. The second-order valence-electron chi connectivity index (χ2n) is 7.65. The Bertz CT molecular complexity index is 976. The highest BCUT2D eigenvalue weighted by Crippen LogP contribution is 2.45. The van der Waals surface area contributed by atoms with Crippen LogP contribution in [0.15, 0.2) is 42.2 Å². The van der Waals surface area contributed by atoms with Gasteiger partial charge in [0.2, 0.25) is 0 Å². The molecule has 1 N–H and O–H groups in total. The number of ketones is 1. The number of Topliss-reactive ketones (excluding diaryl/α,β-unsaturated/α-hetero) is 1. The molecule has 0 amide bonds. The Morgan fingerprint density at radius 3 is 2.67 bits per heavy atom. The summed E-state index contributed by atoms with van der Waals surface area (Å²) in [5.74, 6) is -0.0287. The number of ether oxygens (including phenoxy) is 1. The van der Waals surface area contributed by atoms with E-state index in [9.17, 15) is 9.90 Å². The Morgan fingerprint density at radius 1 is 1.22 bits per heavy atom. The van der Waals surface area contributed by atoms with Crippen LogP contribution in [0.1, 0.15) is 43.4 Å². The number of aliphatic hydroxyl groups excluding tert-OH is 1. The van der Waals surface area contributed by atoms with E-state index >= 15 is 0 Å². The fraction of sp³-hybridized carbons (Fsp3) is 0.348. The standard InChI is InChI=1S/C23H23ClO3/c1-4-14-12-15(17-8-6-16(24)11-13(17)2)5-7-18(14)20-21(25)19-9-10-23(3,27-19)22(20)26/h5-8,11-12,19,26H,4,9-10H2,1-3H3/t19-,23-/m1/s1. The maximum Gasteiger partial charge on any atom is 0.195 e. The minimum absolute atomic E-state index is 0.0753. The van der Waals surface area contributed by atoms with Gasteiger partial charge in [-0.1, -0.05) is 42.8 Å². The van der Waals surface area contributed by atoms with Gasteiger partial charge in [-0.25, -0.2) is 0 Å². The van der Waals surface area contributed by atoms with Crippen molar-refractivity contribution in [2.24, 2.45) is 0 Å². The SMILES string of the molecule is CCc1cc(-c2ccc(Cl)cc2C)ccc1C1=C(O)[C@@]2(C)CC[C@@H](O2)C1=O. The van der Waals surface area contributed by atoms with Crippen molar-refractivity contribution in [3.63, 3.8) is 0 Å². The van der Waals surface area contributed by atoms with E-state index in [4.69, 9.17) is 16.3 Å². The Hall–Kier alpha value is -2.10. The van der Waals surface area contributed by atoms with Crippen LogP contribution in [-0.2, 0) is 16.0 Å². The lowest BCUT2D eigenvalue weighted by atomic mass is 9.86. The predicted octanol–water partition coefficient (Wildman–Crippen LogP) is 5.67. The highest BCUT2D eigenvalue weighted by Gasteiger charge is 2.50. The van der Waals surface area contributed by atoms with Gasteiger partial charge in [0, 0.05) is 5.02 Å². The van der Waals surface area contributed by atoms with E-state index in [0.717, 1.165) is 39.3 Å². The topological polar surface area (TPSA) is 46.5 Å². The van der Waals surface area contributed by atoms with Crippen LogP contribution in [0.3, 0.4) is 0 Å². The Morgan fingerprint density at radius 2 is 1.96 bits per heavy atom. The molecular weight excluding hydrogens is 360 g/mol. The lowest BCUT2D eigenvalue weighted by Crippen LogP contribution is -2.37. The van der Waals surface area contributed by atoms with Gasteiger partial charge in [-0.2, -0.15) is 0 Å². The van der Waals surface area contributed by atoms with Crippen LogP contribution in [0.2, 0.25) is 5.02 Å². The molecule has 2 atom stereocenters. The molecule has 2 aliphatic rings. The van der Waals surface area contributed by atoms with Crippen LogP contribution in [0.4, 0.5) is 0 Å². The molecule has 0 radical (unpaired) electrons. The fourth-order valence-electron chi connectivity index (χ4n) is 4.25. The Kier molecular flexibility index (Phi) is 4.40. The van der Waals surface area contributed by atoms with Gasteiger partial charge in [-0.05, 0) is 73.1 Å². The van der Waals surface area contributed by atoms with Crippen LogP contribution in [-0.4, -0.2) is 22.6 Å². The number of benzene rings is 2. The molecule has 140 valence electrons. The smallest absolute Gasteiger partial charge is 0.195 e. The van der Waals surface area contributed by atoms with Crippen molar-refractivity contribution in [2.45, 2.75) is 51.7 Å². The molecule has 4 rings (SSSR count). The molecule has 0 aliphatic carbocycles. The first-order valence-corrected chi connectivity index (χ1v) is 9.77. The largest absolute Gasteiger partial charge is 0.508 e. The lowest BCUT2D eigenvalue weighted by Gasteiger charge is -2.31. The van der Waals surface area contributed by atoms with E-state index in [-0.39, 0.29) is 11.5 Å². The zero-order chi connectivity index (χ0) is 19.3. The van der Waals surface area contributed by atoms with E-state index in [1.165, 1.54) is 0 Å². The third-order valence-electron chi connectivity index (χ3n) is 5.82. The first kappa shape index (κ1) is 18.3. The van der Waals surface area contributed by atoms with Crippen molar-refractivity contribution in [2.75, 3.05) is 0 Å². The first-order chi connectivity index (χ1) is 12.8. The van der Waals surface area contributed by atoms with Crippen molar-refractivity contribution < 1.29 is 14.6 Å². The molecule has 2 aromatic carbocycles. The summed E-state index contributed by atoms with van der Waals surface area (Å²) in [6.07, 6.45) is 1.65. The molecule has 0 saturated carbocycles. The molecule has 27 heavy (non-hydrogen) atoms. The molecule has 0 unspecified atom stereocenters. The summed E-state index contributed by atoms with van der Waals surface area (Å²) >= 11 is 6.08. The van der Waals surface area contributed by atoms with Crippen LogP contribution in [0, 0.1) is 6.92 Å². The lowest BCUT2D eigenvalue weighted by molar-refractivity contribution is -0.130. The fourth-order valence-corrected chi connectivity index (χ4v) is 4.47. The molecule has 2 aromatic rings. The van der Waals surface area contributed by atoms with Gasteiger partial charge in [-0.3, -0.25) is 4.79 Å². The van der Waals surface area contributed by atoms with E-state index in [1.54, 1.807) is 0 Å². The number of fused-ring (bicyclic) bond motifs is 2. The minimum atomic E-state index is -0.746. The monoisotopic (exact) mass is 382 g/mol. The molecule has 2 heterocycles. The second kappa shape index (κ2) is 6.50. The predicted molar refractivity (Wildman–Crippen MR) is 108 cm³/mol. The van der Waals surface area contributed by atoms with E-state index < -0.39 is 11.7 Å². The van der Waals surface area contributed by atoms with Gasteiger partial charge < -0.3 is 9.84 Å². The van der Waals surface area contributed by atoms with Crippen LogP contribution < -0.4 is 0 Å². The normalized spacial score (nSPS) is 24.6. The van der Waals surface area contributed by atoms with Crippen molar-refractivity contribution in [1.82, 2.24) is 0 Å². The summed E-state index contributed by atoms with van der Waals surface area (Å²) in [4.78, 5) is 12.9. The Balaban J connectivity index is 1.84. The second-order valence-corrected chi connectivity index (χ2v) is 8.09. The zero-order valence-corrected chi connectivity index (χ0v) is 16.6. The van der Waals surface area contributed by atoms with Gasteiger partial charge in [0.25, 0.3) is 0 Å². The van der Waals surface area contributed by atoms with Crippen LogP contribution >= 0.6 is 11.6 Å². The zero-order valence-electron chi connectivity index (χ0n) is 15.8. The van der Waals surface area contributed by atoms with Crippen LogP contribution in [0.5, 0.6) is 0 Å². The number of aryl methyl sites for hydroxylation is 2. The summed E-state index contributed by atoms with van der Waals surface area (Å²) in [6.45, 7) is 5.97. The maximum absolute atomic E-state index is 12.9. The van der Waals surface area contributed by atoms with Crippen molar-refractivity contribution in [3.05, 3.63) is 63.9 Å². The van der Waals surface area contributed by atoms with Crippen LogP contribution in [0.25, 0.3) is 16.7 Å². The van der Waals surface area contributed by atoms with E-state index in [1.807, 2.05) is 44.2 Å². The molecule has 1 fully saturated rings. The van der Waals surface area contributed by atoms with Gasteiger partial charge in [0.1, 0.15) is 17.5 Å². The number of rotatable bonds is 3. The van der Waals surface area contributed by atoms with Crippen molar-refractivity contribution in [3.8, 4) is 11.1 Å². The molecular formula is C23H23ClO3. The summed E-state index contributed by atoms with van der Waals surface area (Å²) in [6, 6.07) is 11.9. The summed E-state index contributed by atoms with van der Waals surface area (Å²) < 4.78 is 5.78. The maximum atomic E-state index is 12.9. The molecule has 0 aromatic heterocycles. The third-order valence-corrected chi connectivity index (χ3v) is 6.05. The van der Waals surface area contributed by atoms with Gasteiger partial charge in [0.15, 0.2) is 5.78 Å². The van der Waals surface area contributed by atoms with Gasteiger partial charge in [-0.15, -0.1) is 0 Å². The number of halogens is 1. The summed E-state index contributed by atoms with van der Waals surface area (Å²) in [5, 5.41) is 11.6. The molecule has 2 aliphatic heterocycles. The number of hydrogen-bond donors (Lipinski definition) is 1. The molecule has 4 heteroatoms. The average Bonchev–Trinajstić information content (AvgIpc) is 3.02. The van der Waals surface area contributed by atoms with Gasteiger partial charge in [0.05, 0.1) is 5.57 Å². The average molecular weight is 383 g/mol. The molecule has 0 spiro atoms. The number of hydrogen-bond acceptors (Lipinski definition) is 3. The highest BCUT2D eigenvalue weighted by atomic mass is 35.5. The van der Waals surface area contributed by atoms with Crippen molar-refractivity contribution >= 4 is 23.0 Å². The van der Waals surface area contributed by atoms with Gasteiger partial charge >= 0.3 is 0 Å². The quantitative estimate of drug-likeness (QED) is 0.744. The summed E-state index contributed by atoms with van der Waals surface area (Å²) in [5.41, 5.74) is 4.85. The third kappa shape index (κ3) is 2.90. The van der Waals surface area contributed by atoms with E-state index in [0.29, 0.717) is 18.4 Å². The van der Waals surface area contributed by atoms with Crippen molar-refractivity contribution in [1.29, 1.82) is 0 Å². The molecule has 2 bridgehead atoms. The highest BCUT2D eigenvalue weighted by molar-refractivity contribution is 6.30. The number of carbonyl (C=O) groups is 1. The Labute approximate surface area is 164 Å².